The normalized spacial score (nSPS) is 13.4. The van der Waals surface area contributed by atoms with Gasteiger partial charge in [-0.2, -0.15) is 0 Å². The van der Waals surface area contributed by atoms with Crippen molar-refractivity contribution in [2.24, 2.45) is 0 Å². The molecule has 0 aliphatic heterocycles. The van der Waals surface area contributed by atoms with Gasteiger partial charge in [-0.3, -0.25) is 19.7 Å². The number of hydrogen-bond donors (Lipinski definition) is 5. The zero-order valence-electron chi connectivity index (χ0n) is 25.0. The molecule has 0 bridgehead atoms. The van der Waals surface area contributed by atoms with Crippen LogP contribution in [0.2, 0.25) is 0 Å². The Kier molecular flexibility index (Phi) is 11.8. The quantitative estimate of drug-likeness (QED) is 0.128. The van der Waals surface area contributed by atoms with E-state index >= 15 is 0 Å². The largest absolute Gasteiger partial charge is 0.480 e. The number of nitrogens with one attached hydrogen (secondary N) is 4. The second-order valence-corrected chi connectivity index (χ2v) is 12.5. The third-order valence-corrected chi connectivity index (χ3v) is 8.96. The summed E-state index contributed by atoms with van der Waals surface area (Å²) in [4.78, 5) is 38.7. The summed E-state index contributed by atoms with van der Waals surface area (Å²) in [6, 6.07) is 27.7. The Morgan fingerprint density at radius 2 is 1.33 bits per heavy atom. The Labute approximate surface area is 263 Å². The number of rotatable bonds is 16. The number of aryl methyl sites for hydroxylation is 1. The summed E-state index contributed by atoms with van der Waals surface area (Å²) in [5.41, 5.74) is 1.81. The Bertz CT molecular complexity index is 1700. The molecule has 4 aromatic rings. The van der Waals surface area contributed by atoms with Gasteiger partial charge in [0.1, 0.15) is 12.1 Å². The number of sulfonamides is 1. The van der Waals surface area contributed by atoms with Crippen molar-refractivity contribution in [3.8, 4) is 0 Å². The first-order valence-corrected chi connectivity index (χ1v) is 16.2. The van der Waals surface area contributed by atoms with Crippen molar-refractivity contribution in [2.75, 3.05) is 13.6 Å². The number of benzene rings is 4. The van der Waals surface area contributed by atoms with Gasteiger partial charge >= 0.3 is 5.97 Å². The molecule has 0 aliphatic rings. The zero-order valence-corrected chi connectivity index (χ0v) is 25.8. The van der Waals surface area contributed by atoms with Crippen LogP contribution in [-0.2, 0) is 37.2 Å². The lowest BCUT2D eigenvalue weighted by atomic mass is 10.0. The molecule has 4 rings (SSSR count). The second kappa shape index (κ2) is 15.9. The van der Waals surface area contributed by atoms with E-state index in [1.807, 2.05) is 84.9 Å². The Hall–Kier alpha value is -4.58. The topological polar surface area (TPSA) is 154 Å². The van der Waals surface area contributed by atoms with Crippen LogP contribution in [0.1, 0.15) is 24.0 Å². The van der Waals surface area contributed by atoms with Crippen LogP contribution in [0.5, 0.6) is 0 Å². The summed E-state index contributed by atoms with van der Waals surface area (Å²) < 4.78 is 28.5. The minimum Gasteiger partial charge on any atom is -0.480 e. The molecule has 0 spiro atoms. The highest BCUT2D eigenvalue weighted by atomic mass is 32.2. The van der Waals surface area contributed by atoms with E-state index in [0.717, 1.165) is 21.9 Å². The first-order chi connectivity index (χ1) is 21.7. The van der Waals surface area contributed by atoms with Gasteiger partial charge in [-0.05, 0) is 53.3 Å². The molecule has 236 valence electrons. The van der Waals surface area contributed by atoms with Crippen LogP contribution in [0.4, 0.5) is 0 Å². The standard InChI is InChI=1S/C34H38N4O6S/c1-35-32(39)31(22-25-12-6-3-7-13-25)38-33(40)29(19-16-24-10-4-2-5-11-24)37-30(34(41)42)20-21-36-45(43,44)28-18-17-26-14-8-9-15-27(26)23-28/h2-15,17-18,23,29-31,36-37H,16,19-22H2,1H3,(H,35,39)(H,38,40)(H,41,42)/t29-,30-,31-/m0/s1. The second-order valence-electron chi connectivity index (χ2n) is 10.7. The van der Waals surface area contributed by atoms with Crippen molar-refractivity contribution in [3.05, 3.63) is 114 Å². The average molecular weight is 631 g/mol. The lowest BCUT2D eigenvalue weighted by Crippen LogP contribution is -2.56. The highest BCUT2D eigenvalue weighted by molar-refractivity contribution is 7.89. The Morgan fingerprint density at radius 3 is 1.98 bits per heavy atom. The van der Waals surface area contributed by atoms with E-state index < -0.39 is 40.0 Å². The van der Waals surface area contributed by atoms with Gasteiger partial charge in [-0.1, -0.05) is 91.0 Å². The predicted octanol–water partition coefficient (Wildman–Crippen LogP) is 3.03. The first kappa shape index (κ1) is 33.3. The fraction of sp³-hybridized carbons (Fsp3) is 0.265. The number of carbonyl (C=O) groups is 3. The van der Waals surface area contributed by atoms with Crippen LogP contribution in [0.3, 0.4) is 0 Å². The number of carboxylic acids is 1. The molecule has 4 aromatic carbocycles. The molecule has 0 unspecified atom stereocenters. The number of carbonyl (C=O) groups excluding carboxylic acids is 2. The third kappa shape index (κ3) is 9.70. The van der Waals surface area contributed by atoms with Crippen LogP contribution < -0.4 is 20.7 Å². The maximum absolute atomic E-state index is 13.6. The molecule has 0 aliphatic carbocycles. The van der Waals surface area contributed by atoms with E-state index in [2.05, 4.69) is 20.7 Å². The lowest BCUT2D eigenvalue weighted by Gasteiger charge is -2.26. The Morgan fingerprint density at radius 1 is 0.711 bits per heavy atom. The molecule has 3 atom stereocenters. The van der Waals surface area contributed by atoms with E-state index in [4.69, 9.17) is 0 Å². The van der Waals surface area contributed by atoms with Crippen molar-refractivity contribution >= 4 is 38.6 Å². The average Bonchev–Trinajstić information content (AvgIpc) is 3.05. The summed E-state index contributed by atoms with van der Waals surface area (Å²) >= 11 is 0. The van der Waals surface area contributed by atoms with Gasteiger partial charge in [0.15, 0.2) is 0 Å². The number of amides is 2. The molecule has 0 saturated carbocycles. The molecule has 0 heterocycles. The molecule has 0 radical (unpaired) electrons. The van der Waals surface area contributed by atoms with E-state index in [1.54, 1.807) is 12.1 Å². The van der Waals surface area contributed by atoms with Crippen LogP contribution in [-0.4, -0.2) is 63.0 Å². The number of likely N-dealkylation sites (N-methyl/N-ethyl adjacent to an activating group) is 1. The summed E-state index contributed by atoms with van der Waals surface area (Å²) in [5, 5.41) is 20.0. The van der Waals surface area contributed by atoms with Crippen LogP contribution in [0, 0.1) is 0 Å². The highest BCUT2D eigenvalue weighted by Gasteiger charge is 2.29. The van der Waals surface area contributed by atoms with Gasteiger partial charge in [0.25, 0.3) is 0 Å². The van der Waals surface area contributed by atoms with E-state index in [-0.39, 0.29) is 36.6 Å². The Balaban J connectivity index is 1.46. The maximum atomic E-state index is 13.6. The van der Waals surface area contributed by atoms with Crippen molar-refractivity contribution in [3.63, 3.8) is 0 Å². The SMILES string of the molecule is CNC(=O)[C@H](Cc1ccccc1)NC(=O)[C@H](CCc1ccccc1)N[C@@H](CCNS(=O)(=O)c1ccc2ccccc2c1)C(=O)O. The summed E-state index contributed by atoms with van der Waals surface area (Å²) in [5.74, 6) is -2.14. The molecule has 0 aromatic heterocycles. The number of aliphatic carboxylic acids is 1. The smallest absolute Gasteiger partial charge is 0.320 e. The van der Waals surface area contributed by atoms with Gasteiger partial charge in [0.2, 0.25) is 21.8 Å². The molecule has 2 amide bonds. The fourth-order valence-electron chi connectivity index (χ4n) is 5.03. The molecule has 11 heteroatoms. The molecular weight excluding hydrogens is 592 g/mol. The number of fused-ring (bicyclic) bond motifs is 1. The molecular formula is C34H38N4O6S. The first-order valence-electron chi connectivity index (χ1n) is 14.7. The fourth-order valence-corrected chi connectivity index (χ4v) is 6.11. The van der Waals surface area contributed by atoms with Gasteiger partial charge in [-0.15, -0.1) is 0 Å². The molecule has 45 heavy (non-hydrogen) atoms. The maximum Gasteiger partial charge on any atom is 0.320 e. The molecule has 0 saturated heterocycles. The lowest BCUT2D eigenvalue weighted by molar-refractivity contribution is -0.140. The zero-order chi connectivity index (χ0) is 32.2. The van der Waals surface area contributed by atoms with Crippen LogP contribution in [0.25, 0.3) is 10.8 Å². The minimum atomic E-state index is -3.92. The van der Waals surface area contributed by atoms with E-state index in [1.165, 1.54) is 13.1 Å². The van der Waals surface area contributed by atoms with Crippen LogP contribution >= 0.6 is 0 Å². The summed E-state index contributed by atoms with van der Waals surface area (Å²) in [6.07, 6.45) is 0.834. The van der Waals surface area contributed by atoms with Gasteiger partial charge in [0.05, 0.1) is 10.9 Å². The summed E-state index contributed by atoms with van der Waals surface area (Å²) in [6.45, 7) is -0.180. The highest BCUT2D eigenvalue weighted by Crippen LogP contribution is 2.19. The third-order valence-electron chi connectivity index (χ3n) is 7.50. The van der Waals surface area contributed by atoms with Crippen LogP contribution in [0.15, 0.2) is 108 Å². The predicted molar refractivity (Wildman–Crippen MR) is 173 cm³/mol. The van der Waals surface area contributed by atoms with Crippen molar-refractivity contribution in [1.29, 1.82) is 0 Å². The minimum absolute atomic E-state index is 0.0693. The van der Waals surface area contributed by atoms with Gasteiger partial charge in [0, 0.05) is 20.0 Å². The van der Waals surface area contributed by atoms with Crippen molar-refractivity contribution in [2.45, 2.75) is 48.7 Å². The van der Waals surface area contributed by atoms with Crippen molar-refractivity contribution in [1.82, 2.24) is 20.7 Å². The monoisotopic (exact) mass is 630 g/mol. The van der Waals surface area contributed by atoms with E-state index in [9.17, 15) is 27.9 Å². The molecule has 10 nitrogen and oxygen atoms in total. The number of carboxylic acid groups (broad SMARTS) is 1. The summed E-state index contributed by atoms with van der Waals surface area (Å²) in [7, 11) is -2.43. The van der Waals surface area contributed by atoms with Crippen molar-refractivity contribution < 1.29 is 27.9 Å². The van der Waals surface area contributed by atoms with E-state index in [0.29, 0.717) is 6.42 Å². The van der Waals surface area contributed by atoms with Gasteiger partial charge in [-0.25, -0.2) is 13.1 Å². The number of hydrogen-bond acceptors (Lipinski definition) is 6. The van der Waals surface area contributed by atoms with Gasteiger partial charge < -0.3 is 15.7 Å². The molecule has 0 fully saturated rings. The molecule has 5 N–H and O–H groups in total.